The van der Waals surface area contributed by atoms with Gasteiger partial charge < -0.3 is 16.0 Å². The molecule has 9 nitrogen and oxygen atoms in total. The third-order valence-electron chi connectivity index (χ3n) is 5.72. The Morgan fingerprint density at radius 2 is 1.82 bits per heavy atom. The molecule has 4 N–H and O–H groups in total. The minimum Gasteiger partial charge on any atom is -0.383 e. The number of nitrogens with one attached hydrogen (secondary N) is 2. The summed E-state index contributed by atoms with van der Waals surface area (Å²) in [5, 5.41) is 2.94. The first kappa shape index (κ1) is 25.0. The number of hydrogen-bond acceptors (Lipinski definition) is 5. The van der Waals surface area contributed by atoms with E-state index in [0.717, 1.165) is 31.2 Å². The van der Waals surface area contributed by atoms with Gasteiger partial charge in [0.05, 0.1) is 0 Å². The van der Waals surface area contributed by atoms with Crippen LogP contribution >= 0.6 is 0 Å². The molecule has 0 saturated heterocycles. The van der Waals surface area contributed by atoms with Crippen LogP contribution in [0.3, 0.4) is 0 Å². The molecule has 1 aromatic heterocycles. The Balaban J connectivity index is 1.83. The molecule has 1 aromatic carbocycles. The van der Waals surface area contributed by atoms with Crippen LogP contribution in [-0.4, -0.2) is 34.0 Å². The van der Waals surface area contributed by atoms with E-state index in [1.54, 1.807) is 30.3 Å². The average molecular weight is 468 g/mol. The molecule has 0 spiro atoms. The summed E-state index contributed by atoms with van der Waals surface area (Å²) in [5.74, 6) is -0.527. The number of carbonyl (C=O) groups is 2. The van der Waals surface area contributed by atoms with Crippen LogP contribution in [0.4, 0.5) is 11.5 Å². The second-order valence-electron chi connectivity index (χ2n) is 8.54. The first-order valence-electron chi connectivity index (χ1n) is 11.9. The number of carbonyl (C=O) groups excluding carboxylic acids is 2. The van der Waals surface area contributed by atoms with E-state index in [2.05, 4.69) is 10.3 Å². The molecule has 0 unspecified atom stereocenters. The molecule has 1 aliphatic carbocycles. The molecule has 1 fully saturated rings. The van der Waals surface area contributed by atoms with Crippen LogP contribution in [0.15, 0.2) is 39.9 Å². The minimum absolute atomic E-state index is 0.00826. The van der Waals surface area contributed by atoms with Crippen molar-refractivity contribution in [2.24, 2.45) is 0 Å². The Kier molecular flexibility index (Phi) is 8.45. The van der Waals surface area contributed by atoms with Gasteiger partial charge in [0.15, 0.2) is 5.69 Å². The van der Waals surface area contributed by atoms with Crippen LogP contribution in [-0.2, 0) is 11.3 Å². The van der Waals surface area contributed by atoms with Crippen LogP contribution in [0.2, 0.25) is 0 Å². The topological polar surface area (TPSA) is 130 Å². The van der Waals surface area contributed by atoms with E-state index in [1.807, 2.05) is 13.8 Å². The lowest BCUT2D eigenvalue weighted by molar-refractivity contribution is -0.114. The van der Waals surface area contributed by atoms with E-state index in [1.165, 1.54) is 15.5 Å². The zero-order valence-corrected chi connectivity index (χ0v) is 19.8. The second-order valence-corrected chi connectivity index (χ2v) is 8.54. The lowest BCUT2D eigenvalue weighted by Gasteiger charge is -2.23. The van der Waals surface area contributed by atoms with Crippen molar-refractivity contribution < 1.29 is 9.59 Å². The molecular weight excluding hydrogens is 434 g/mol. The molecule has 0 bridgehead atoms. The highest BCUT2D eigenvalue weighted by Gasteiger charge is 2.24. The van der Waals surface area contributed by atoms with Gasteiger partial charge in [-0.1, -0.05) is 38.8 Å². The van der Waals surface area contributed by atoms with E-state index >= 15 is 0 Å². The Labute approximate surface area is 198 Å². The molecule has 1 heterocycles. The average Bonchev–Trinajstić information content (AvgIpc) is 3.63. The lowest BCUT2D eigenvalue weighted by atomic mass is 10.1. The molecule has 1 saturated carbocycles. The first-order valence-corrected chi connectivity index (χ1v) is 11.9. The number of rotatable bonds is 11. The molecule has 34 heavy (non-hydrogen) atoms. The maximum Gasteiger partial charge on any atom is 0.330 e. The number of anilines is 2. The number of aromatic amines is 1. The summed E-state index contributed by atoms with van der Waals surface area (Å²) in [7, 11) is 0. The number of hydrogen-bond donors (Lipinski definition) is 3. The number of nitrogens with zero attached hydrogens (tertiary/aromatic N) is 2. The van der Waals surface area contributed by atoms with Gasteiger partial charge in [-0.25, -0.2) is 4.79 Å². The Hall–Kier alpha value is -3.62. The smallest absolute Gasteiger partial charge is 0.330 e. The van der Waals surface area contributed by atoms with Crippen molar-refractivity contribution in [1.82, 2.24) is 14.9 Å². The Morgan fingerprint density at radius 1 is 1.15 bits per heavy atom. The molecule has 3 rings (SSSR count). The fourth-order valence-electron chi connectivity index (χ4n) is 3.52. The van der Waals surface area contributed by atoms with Gasteiger partial charge in [-0.05, 0) is 49.5 Å². The van der Waals surface area contributed by atoms with Crippen LogP contribution < -0.4 is 27.2 Å². The number of H-pyrrole nitrogens is 1. The summed E-state index contributed by atoms with van der Waals surface area (Å²) in [6, 6.07) is 7.22. The number of nitrogen functional groups attached to an aromatic ring is 1. The van der Waals surface area contributed by atoms with Crippen LogP contribution in [0.1, 0.15) is 68.3 Å². The van der Waals surface area contributed by atoms with E-state index in [9.17, 15) is 19.2 Å². The van der Waals surface area contributed by atoms with Gasteiger partial charge in [-0.3, -0.25) is 23.9 Å². The molecular formula is C25H33N5O4. The van der Waals surface area contributed by atoms with Crippen molar-refractivity contribution in [3.05, 3.63) is 62.3 Å². The number of amides is 2. The van der Waals surface area contributed by atoms with Gasteiger partial charge in [-0.2, -0.15) is 0 Å². The minimum atomic E-state index is -0.681. The Bertz CT molecular complexity index is 1160. The highest BCUT2D eigenvalue weighted by molar-refractivity contribution is 6.05. The summed E-state index contributed by atoms with van der Waals surface area (Å²) in [6.07, 6.45) is 8.08. The van der Waals surface area contributed by atoms with Crippen molar-refractivity contribution in [2.45, 2.75) is 65.0 Å². The van der Waals surface area contributed by atoms with Crippen molar-refractivity contribution in [3.63, 3.8) is 0 Å². The van der Waals surface area contributed by atoms with Crippen LogP contribution in [0.25, 0.3) is 6.08 Å². The third-order valence-corrected chi connectivity index (χ3v) is 5.72. The summed E-state index contributed by atoms with van der Waals surface area (Å²) < 4.78 is 1.31. The molecule has 182 valence electrons. The van der Waals surface area contributed by atoms with Gasteiger partial charge in [-0.15, -0.1) is 0 Å². The van der Waals surface area contributed by atoms with Crippen molar-refractivity contribution in [1.29, 1.82) is 0 Å². The van der Waals surface area contributed by atoms with Gasteiger partial charge in [0, 0.05) is 30.8 Å². The van der Waals surface area contributed by atoms with Crippen LogP contribution in [0.5, 0.6) is 0 Å². The van der Waals surface area contributed by atoms with Crippen molar-refractivity contribution in [2.75, 3.05) is 17.2 Å². The fourth-order valence-corrected chi connectivity index (χ4v) is 3.52. The predicted molar refractivity (Wildman–Crippen MR) is 134 cm³/mol. The number of benzene rings is 1. The Morgan fingerprint density at radius 3 is 2.44 bits per heavy atom. The monoisotopic (exact) mass is 467 g/mol. The van der Waals surface area contributed by atoms with E-state index in [4.69, 9.17) is 5.73 Å². The zero-order valence-electron chi connectivity index (χ0n) is 19.8. The quantitative estimate of drug-likeness (QED) is 0.437. The van der Waals surface area contributed by atoms with Gasteiger partial charge in [0.2, 0.25) is 0 Å². The third kappa shape index (κ3) is 6.24. The maximum atomic E-state index is 13.1. The summed E-state index contributed by atoms with van der Waals surface area (Å²) >= 11 is 0. The van der Waals surface area contributed by atoms with Crippen molar-refractivity contribution in [3.8, 4) is 0 Å². The molecule has 2 aromatic rings. The molecule has 0 aliphatic heterocycles. The summed E-state index contributed by atoms with van der Waals surface area (Å²) in [6.45, 7) is 4.62. The van der Waals surface area contributed by atoms with Gasteiger partial charge in [0.1, 0.15) is 5.82 Å². The maximum absolute atomic E-state index is 13.1. The standard InChI is InChI=1S/C25H33N5O4/c1-3-5-15-29(21-22(26)30(16-6-4-2)25(34)28-24(21)33)20(31)14-9-17-7-10-18(11-8-17)23(32)27-19-12-13-19/h7-11,14,19H,3-6,12-13,15-16,26H2,1-2H3,(H,27,32)(H,28,33,34)/b14-9+. The number of nitrogens with two attached hydrogens (primary N) is 1. The predicted octanol–water partition coefficient (Wildman–Crippen LogP) is 2.66. The molecule has 0 atom stereocenters. The zero-order chi connectivity index (χ0) is 24.7. The van der Waals surface area contributed by atoms with E-state index in [0.29, 0.717) is 31.5 Å². The molecule has 0 radical (unpaired) electrons. The first-order chi connectivity index (χ1) is 16.3. The summed E-state index contributed by atoms with van der Waals surface area (Å²) in [5.41, 5.74) is 6.25. The molecule has 9 heteroatoms. The van der Waals surface area contributed by atoms with Gasteiger partial charge >= 0.3 is 5.69 Å². The molecule has 2 amide bonds. The van der Waals surface area contributed by atoms with E-state index in [-0.39, 0.29) is 23.5 Å². The van der Waals surface area contributed by atoms with Gasteiger partial charge in [0.25, 0.3) is 17.4 Å². The van der Waals surface area contributed by atoms with Crippen LogP contribution in [0, 0.1) is 0 Å². The number of aromatic nitrogens is 2. The fraction of sp³-hybridized carbons (Fsp3) is 0.440. The van der Waals surface area contributed by atoms with Crippen molar-refractivity contribution >= 4 is 29.4 Å². The largest absolute Gasteiger partial charge is 0.383 e. The highest BCUT2D eigenvalue weighted by atomic mass is 16.2. The SMILES string of the molecule is CCCCN(C(=O)/C=C/c1ccc(C(=O)NC2CC2)cc1)c1c(N)n(CCCC)c(=O)[nH]c1=O. The highest BCUT2D eigenvalue weighted by Crippen LogP contribution is 2.20. The molecule has 1 aliphatic rings. The van der Waals surface area contributed by atoms with E-state index < -0.39 is 17.2 Å². The lowest BCUT2D eigenvalue weighted by Crippen LogP contribution is -2.41. The second kappa shape index (κ2) is 11.5. The normalized spacial score (nSPS) is 13.2. The summed E-state index contributed by atoms with van der Waals surface area (Å²) in [4.78, 5) is 53.8. The number of unbranched alkanes of at least 4 members (excludes halogenated alkanes) is 2.